The first-order valence-corrected chi connectivity index (χ1v) is 18.9. The van der Waals surface area contributed by atoms with E-state index < -0.39 is 0 Å². The number of aromatic nitrogens is 2. The maximum Gasteiger partial charge on any atom is 0.0979 e. The molecule has 0 radical (unpaired) electrons. The molecule has 2 nitrogen and oxygen atoms in total. The highest BCUT2D eigenvalue weighted by molar-refractivity contribution is 7.27. The molecule has 0 fully saturated rings. The Morgan fingerprint density at radius 2 is 0.843 bits per heavy atom. The first kappa shape index (κ1) is 28.9. The van der Waals surface area contributed by atoms with E-state index in [2.05, 4.69) is 159 Å². The summed E-state index contributed by atoms with van der Waals surface area (Å²) < 4.78 is 5.32. The van der Waals surface area contributed by atoms with Crippen LogP contribution < -0.4 is 0 Å². The Morgan fingerprint density at radius 1 is 0.373 bits per heavy atom. The summed E-state index contributed by atoms with van der Waals surface area (Å²) in [4.78, 5) is 10.6. The van der Waals surface area contributed by atoms with Gasteiger partial charge >= 0.3 is 0 Å². The van der Waals surface area contributed by atoms with Crippen LogP contribution in [-0.2, 0) is 0 Å². The smallest absolute Gasteiger partial charge is 0.0979 e. The highest BCUT2D eigenvalue weighted by Gasteiger charge is 2.18. The predicted octanol–water partition coefficient (Wildman–Crippen LogP) is 14.0. The van der Waals surface area contributed by atoms with E-state index in [1.54, 1.807) is 0 Å². The molecule has 8 aromatic carbocycles. The van der Waals surface area contributed by atoms with Gasteiger partial charge < -0.3 is 0 Å². The minimum atomic E-state index is 0.923. The van der Waals surface area contributed by atoms with E-state index in [4.69, 9.17) is 9.97 Å². The molecule has 0 N–H and O–H groups in total. The summed E-state index contributed by atoms with van der Waals surface area (Å²) in [6.45, 7) is 2.09. The Kier molecular flexibility index (Phi) is 6.24. The van der Waals surface area contributed by atoms with Crippen molar-refractivity contribution in [2.75, 3.05) is 0 Å². The molecule has 0 saturated carbocycles. The quantitative estimate of drug-likeness (QED) is 0.173. The van der Waals surface area contributed by atoms with Gasteiger partial charge in [0.25, 0.3) is 0 Å². The molecule has 3 aromatic heterocycles. The molecule has 51 heavy (non-hydrogen) atoms. The van der Waals surface area contributed by atoms with Gasteiger partial charge in [-0.1, -0.05) is 140 Å². The van der Waals surface area contributed by atoms with Crippen molar-refractivity contribution in [2.24, 2.45) is 0 Å². The zero-order valence-corrected chi connectivity index (χ0v) is 29.3. The van der Waals surface area contributed by atoms with Crippen LogP contribution in [0.1, 0.15) is 5.69 Å². The molecule has 0 aliphatic rings. The highest BCUT2D eigenvalue weighted by Crippen LogP contribution is 2.47. The Labute approximate surface area is 301 Å². The van der Waals surface area contributed by atoms with E-state index in [-0.39, 0.29) is 0 Å². The van der Waals surface area contributed by atoms with Crippen molar-refractivity contribution in [1.29, 1.82) is 0 Å². The average Bonchev–Trinajstić information content (AvgIpc) is 3.77. The first-order valence-electron chi connectivity index (χ1n) is 17.2. The number of nitrogens with zero attached hydrogens (tertiary/aromatic N) is 2. The average molecular weight is 685 g/mol. The zero-order valence-electron chi connectivity index (χ0n) is 27.6. The van der Waals surface area contributed by atoms with Crippen molar-refractivity contribution >= 4 is 95.6 Å². The van der Waals surface area contributed by atoms with Crippen molar-refractivity contribution in [3.8, 4) is 33.5 Å². The molecule has 0 aliphatic carbocycles. The number of rotatable bonds is 3. The lowest BCUT2D eigenvalue weighted by atomic mass is 9.97. The molecular weight excluding hydrogens is 657 g/mol. The van der Waals surface area contributed by atoms with Crippen LogP contribution in [0, 0.1) is 6.92 Å². The Balaban J connectivity index is 1.09. The highest BCUT2D eigenvalue weighted by atomic mass is 32.1. The number of hydrogen-bond acceptors (Lipinski definition) is 4. The van der Waals surface area contributed by atoms with Crippen molar-refractivity contribution < 1.29 is 0 Å². The standard InChI is InChI=1S/C47H28N2S2/c1-27-42(49-44-35-18-5-3-15-32(35)31-14-2-4-17-34(31)43(44)48-27)29-13-8-12-28(26-29)30-19-9-21-37-39-23-11-24-40(47(39)51-45(30)37)38-22-10-20-36-33-16-6-7-25-41(33)50-46(36)38/h2-26H,1H3. The van der Waals surface area contributed by atoms with Crippen molar-refractivity contribution in [3.63, 3.8) is 0 Å². The molecule has 11 aromatic rings. The Hall–Kier alpha value is -5.94. The summed E-state index contributed by atoms with van der Waals surface area (Å²) in [6, 6.07) is 55.0. The zero-order chi connectivity index (χ0) is 33.6. The van der Waals surface area contributed by atoms with Gasteiger partial charge in [-0.05, 0) is 41.0 Å². The lowest BCUT2D eigenvalue weighted by Gasteiger charge is -2.13. The number of thiophene rings is 2. The first-order chi connectivity index (χ1) is 25.2. The van der Waals surface area contributed by atoms with Gasteiger partial charge in [0, 0.05) is 67.8 Å². The monoisotopic (exact) mass is 684 g/mol. The fourth-order valence-corrected chi connectivity index (χ4v) is 10.7. The van der Waals surface area contributed by atoms with Crippen molar-refractivity contribution in [1.82, 2.24) is 9.97 Å². The van der Waals surface area contributed by atoms with Crippen LogP contribution in [-0.4, -0.2) is 9.97 Å². The molecule has 0 aliphatic heterocycles. The van der Waals surface area contributed by atoms with Crippen LogP contribution in [0.3, 0.4) is 0 Å². The van der Waals surface area contributed by atoms with E-state index in [0.717, 1.165) is 38.8 Å². The third-order valence-electron chi connectivity index (χ3n) is 10.4. The van der Waals surface area contributed by atoms with Gasteiger partial charge in [-0.3, -0.25) is 0 Å². The second-order valence-corrected chi connectivity index (χ2v) is 15.3. The fourth-order valence-electron chi connectivity index (χ4n) is 8.07. The molecule has 4 heteroatoms. The fraction of sp³-hybridized carbons (Fsp3) is 0.0213. The minimum Gasteiger partial charge on any atom is -0.249 e. The molecule has 238 valence electrons. The summed E-state index contributed by atoms with van der Waals surface area (Å²) in [6.07, 6.45) is 0. The van der Waals surface area contributed by atoms with Gasteiger partial charge in [-0.15, -0.1) is 22.7 Å². The van der Waals surface area contributed by atoms with Crippen molar-refractivity contribution in [2.45, 2.75) is 6.92 Å². The summed E-state index contributed by atoms with van der Waals surface area (Å²) >= 11 is 3.80. The number of benzene rings is 8. The number of fused-ring (bicyclic) bond motifs is 12. The summed E-state index contributed by atoms with van der Waals surface area (Å²) in [5.74, 6) is 0. The van der Waals surface area contributed by atoms with Gasteiger partial charge in [0.1, 0.15) is 0 Å². The summed E-state index contributed by atoms with van der Waals surface area (Å²) in [7, 11) is 0. The van der Waals surface area contributed by atoms with E-state index >= 15 is 0 Å². The lowest BCUT2D eigenvalue weighted by molar-refractivity contribution is 1.20. The number of aryl methyl sites for hydroxylation is 1. The summed E-state index contributed by atoms with van der Waals surface area (Å²) in [5.41, 5.74) is 9.86. The van der Waals surface area contributed by atoms with Crippen LogP contribution >= 0.6 is 22.7 Å². The van der Waals surface area contributed by atoms with Crippen LogP contribution in [0.2, 0.25) is 0 Å². The Morgan fingerprint density at radius 3 is 1.53 bits per heavy atom. The minimum absolute atomic E-state index is 0.923. The molecular formula is C47H28N2S2. The van der Waals surface area contributed by atoms with Crippen LogP contribution in [0.5, 0.6) is 0 Å². The third-order valence-corrected chi connectivity index (χ3v) is 12.9. The normalized spacial score (nSPS) is 12.0. The van der Waals surface area contributed by atoms with Gasteiger partial charge in [0.05, 0.1) is 22.4 Å². The van der Waals surface area contributed by atoms with Gasteiger partial charge in [-0.25, -0.2) is 9.97 Å². The van der Waals surface area contributed by atoms with E-state index in [0.29, 0.717) is 0 Å². The van der Waals surface area contributed by atoms with Crippen LogP contribution in [0.4, 0.5) is 0 Å². The summed E-state index contributed by atoms with van der Waals surface area (Å²) in [5, 5.41) is 9.95. The third kappa shape index (κ3) is 4.27. The molecule has 11 rings (SSSR count). The van der Waals surface area contributed by atoms with E-state index in [1.165, 1.54) is 73.4 Å². The largest absolute Gasteiger partial charge is 0.249 e. The molecule has 0 amide bonds. The molecule has 0 spiro atoms. The molecule has 0 bridgehead atoms. The maximum atomic E-state index is 5.38. The van der Waals surface area contributed by atoms with Gasteiger partial charge in [0.2, 0.25) is 0 Å². The molecule has 0 unspecified atom stereocenters. The lowest BCUT2D eigenvalue weighted by Crippen LogP contribution is -1.97. The van der Waals surface area contributed by atoms with Gasteiger partial charge in [0.15, 0.2) is 0 Å². The molecule has 0 saturated heterocycles. The second-order valence-electron chi connectivity index (χ2n) is 13.3. The van der Waals surface area contributed by atoms with E-state index in [1.807, 2.05) is 22.7 Å². The van der Waals surface area contributed by atoms with E-state index in [9.17, 15) is 0 Å². The van der Waals surface area contributed by atoms with Gasteiger partial charge in [-0.2, -0.15) is 0 Å². The van der Waals surface area contributed by atoms with Crippen LogP contribution in [0.25, 0.3) is 106 Å². The molecule has 3 heterocycles. The second kappa shape index (κ2) is 11.0. The predicted molar refractivity (Wildman–Crippen MR) is 221 cm³/mol. The van der Waals surface area contributed by atoms with Crippen LogP contribution in [0.15, 0.2) is 152 Å². The number of hydrogen-bond donors (Lipinski definition) is 0. The van der Waals surface area contributed by atoms with Crippen molar-refractivity contribution in [3.05, 3.63) is 157 Å². The Bertz CT molecular complexity index is 3220. The molecule has 0 atom stereocenters. The SMILES string of the molecule is Cc1nc2c3ccccc3c3ccccc3c2nc1-c1cccc(-c2cccc3c2sc2c(-c4cccc5c4sc4ccccc45)cccc23)c1. The topological polar surface area (TPSA) is 25.8 Å². The maximum absolute atomic E-state index is 5.38.